The molecule has 0 bridgehead atoms. The molecule has 1 aromatic carbocycles. The van der Waals surface area contributed by atoms with Crippen molar-refractivity contribution in [3.63, 3.8) is 0 Å². The Balaban J connectivity index is 1.44. The standard InChI is InChI=1S/C22H27ClN4O4S3/c1-15(2)31-18-12-16(11-17(13-18)21(28)25-22-24-5-10-32-22)14-26-6-8-27(9-7-26)34(29,30)20-4-3-19(23)33-20/h3-4,11-13,15H,5-10,14H2,1-2H3,(H,24,25,28). The van der Waals surface area contributed by atoms with E-state index < -0.39 is 10.0 Å². The minimum absolute atomic E-state index is 0.0274. The molecule has 2 aliphatic rings. The molecule has 0 aliphatic carbocycles. The van der Waals surface area contributed by atoms with Crippen LogP contribution >= 0.6 is 34.7 Å². The Hall–Kier alpha value is -1.63. The van der Waals surface area contributed by atoms with Gasteiger partial charge in [-0.05, 0) is 49.7 Å². The summed E-state index contributed by atoms with van der Waals surface area (Å²) in [5.74, 6) is 1.29. The van der Waals surface area contributed by atoms with E-state index in [0.717, 1.165) is 22.7 Å². The van der Waals surface area contributed by atoms with Gasteiger partial charge in [0.15, 0.2) is 5.17 Å². The monoisotopic (exact) mass is 542 g/mol. The molecule has 0 spiro atoms. The quantitative estimate of drug-likeness (QED) is 0.575. The Morgan fingerprint density at radius 3 is 2.59 bits per heavy atom. The third-order valence-electron chi connectivity index (χ3n) is 5.29. The van der Waals surface area contributed by atoms with Gasteiger partial charge in [0.25, 0.3) is 15.9 Å². The number of carbonyl (C=O) groups is 1. The van der Waals surface area contributed by atoms with Gasteiger partial charge in [-0.15, -0.1) is 11.3 Å². The number of halogens is 1. The molecule has 1 saturated heterocycles. The molecule has 0 radical (unpaired) electrons. The lowest BCUT2D eigenvalue weighted by Crippen LogP contribution is -2.48. The highest BCUT2D eigenvalue weighted by Gasteiger charge is 2.29. The molecule has 12 heteroatoms. The van der Waals surface area contributed by atoms with Gasteiger partial charge in [0.2, 0.25) is 0 Å². The topological polar surface area (TPSA) is 91.3 Å². The Bertz CT molecular complexity index is 1170. The summed E-state index contributed by atoms with van der Waals surface area (Å²) in [5, 5.41) is 3.51. The molecule has 1 aromatic heterocycles. The van der Waals surface area contributed by atoms with Gasteiger partial charge in [0.1, 0.15) is 9.96 Å². The number of hydrogen-bond acceptors (Lipinski definition) is 8. The highest BCUT2D eigenvalue weighted by Crippen LogP contribution is 2.29. The van der Waals surface area contributed by atoms with Crippen molar-refractivity contribution in [1.82, 2.24) is 14.5 Å². The van der Waals surface area contributed by atoms with Gasteiger partial charge in [-0.25, -0.2) is 8.42 Å². The van der Waals surface area contributed by atoms with Crippen LogP contribution in [-0.4, -0.2) is 73.3 Å². The number of piperazine rings is 1. The number of nitrogens with zero attached hydrogens (tertiary/aromatic N) is 3. The fraction of sp³-hybridized carbons (Fsp3) is 0.455. The number of amidine groups is 1. The number of rotatable bonds is 7. The maximum Gasteiger partial charge on any atom is 0.257 e. The normalized spacial score (nSPS) is 17.7. The lowest BCUT2D eigenvalue weighted by molar-refractivity contribution is 0.0977. The number of hydrogen-bond donors (Lipinski definition) is 1. The van der Waals surface area contributed by atoms with E-state index in [4.69, 9.17) is 16.3 Å². The number of nitrogens with one attached hydrogen (secondary N) is 1. The molecule has 2 aliphatic heterocycles. The zero-order valence-electron chi connectivity index (χ0n) is 19.0. The van der Waals surface area contributed by atoms with Gasteiger partial charge in [0.05, 0.1) is 17.0 Å². The summed E-state index contributed by atoms with van der Waals surface area (Å²) in [6.45, 7) is 7.14. The van der Waals surface area contributed by atoms with E-state index in [-0.39, 0.29) is 16.2 Å². The second-order valence-electron chi connectivity index (χ2n) is 8.26. The first-order chi connectivity index (χ1) is 16.2. The number of carbonyl (C=O) groups excluding carboxylic acids is 1. The molecule has 8 nitrogen and oxygen atoms in total. The van der Waals surface area contributed by atoms with Crippen molar-refractivity contribution in [1.29, 1.82) is 0 Å². The Morgan fingerprint density at radius 1 is 1.21 bits per heavy atom. The molecule has 34 heavy (non-hydrogen) atoms. The maximum atomic E-state index is 12.9. The van der Waals surface area contributed by atoms with E-state index in [1.54, 1.807) is 18.2 Å². The number of thioether (sulfide) groups is 1. The van der Waals surface area contributed by atoms with Crippen molar-refractivity contribution in [2.24, 2.45) is 4.99 Å². The molecule has 0 saturated carbocycles. The van der Waals surface area contributed by atoms with Crippen molar-refractivity contribution in [2.45, 2.75) is 30.7 Å². The van der Waals surface area contributed by atoms with Gasteiger partial charge in [-0.1, -0.05) is 23.4 Å². The van der Waals surface area contributed by atoms with Crippen LogP contribution in [-0.2, 0) is 16.6 Å². The molecule has 184 valence electrons. The van der Waals surface area contributed by atoms with Gasteiger partial charge in [0, 0.05) is 44.0 Å². The largest absolute Gasteiger partial charge is 0.491 e. The number of benzene rings is 1. The molecule has 0 atom stereocenters. The van der Waals surface area contributed by atoms with Gasteiger partial charge < -0.3 is 10.1 Å². The van der Waals surface area contributed by atoms with Crippen LogP contribution in [0.25, 0.3) is 0 Å². The zero-order valence-corrected chi connectivity index (χ0v) is 22.2. The first-order valence-electron chi connectivity index (χ1n) is 11.0. The summed E-state index contributed by atoms with van der Waals surface area (Å²) >= 11 is 8.53. The first-order valence-corrected chi connectivity index (χ1v) is 14.6. The fourth-order valence-electron chi connectivity index (χ4n) is 3.75. The van der Waals surface area contributed by atoms with Crippen LogP contribution < -0.4 is 10.1 Å². The summed E-state index contributed by atoms with van der Waals surface area (Å²) in [5.41, 5.74) is 1.45. The van der Waals surface area contributed by atoms with Crippen molar-refractivity contribution >= 4 is 55.8 Å². The third kappa shape index (κ3) is 6.32. The second kappa shape index (κ2) is 11.0. The van der Waals surface area contributed by atoms with Crippen molar-refractivity contribution < 1.29 is 17.9 Å². The average Bonchev–Trinajstić information content (AvgIpc) is 3.45. The first kappa shape index (κ1) is 25.5. The van der Waals surface area contributed by atoms with E-state index >= 15 is 0 Å². The van der Waals surface area contributed by atoms with E-state index in [1.165, 1.54) is 16.1 Å². The minimum atomic E-state index is -3.53. The Labute approximate surface area is 213 Å². The predicted molar refractivity (Wildman–Crippen MR) is 138 cm³/mol. The van der Waals surface area contributed by atoms with Crippen LogP contribution in [0, 0.1) is 0 Å². The molecular formula is C22H27ClN4O4S3. The molecule has 1 fully saturated rings. The van der Waals surface area contributed by atoms with Crippen LogP contribution in [0.1, 0.15) is 29.8 Å². The number of sulfonamides is 1. The summed E-state index contributed by atoms with van der Waals surface area (Å²) < 4.78 is 33.8. The van der Waals surface area contributed by atoms with E-state index in [2.05, 4.69) is 15.2 Å². The number of ether oxygens (including phenoxy) is 1. The van der Waals surface area contributed by atoms with Gasteiger partial charge >= 0.3 is 0 Å². The summed E-state index contributed by atoms with van der Waals surface area (Å²) in [6.07, 6.45) is -0.0274. The van der Waals surface area contributed by atoms with E-state index in [0.29, 0.717) is 60.1 Å². The molecular weight excluding hydrogens is 516 g/mol. The highest BCUT2D eigenvalue weighted by atomic mass is 35.5. The summed E-state index contributed by atoms with van der Waals surface area (Å²) in [6, 6.07) is 8.70. The lowest BCUT2D eigenvalue weighted by atomic mass is 10.1. The van der Waals surface area contributed by atoms with Crippen LogP contribution in [0.2, 0.25) is 4.34 Å². The third-order valence-corrected chi connectivity index (χ3v) is 9.77. The van der Waals surface area contributed by atoms with Gasteiger partial charge in [-0.3, -0.25) is 14.7 Å². The maximum absolute atomic E-state index is 12.9. The average molecular weight is 543 g/mol. The fourth-order valence-corrected chi connectivity index (χ4v) is 7.54. The SMILES string of the molecule is CC(C)Oc1cc(CN2CCN(S(=O)(=O)c3ccc(Cl)s3)CC2)cc(C(=O)NC2=NCCS2)c1. The van der Waals surface area contributed by atoms with E-state index in [1.807, 2.05) is 26.0 Å². The number of amides is 1. The second-order valence-corrected chi connectivity index (χ2v) is 13.2. The Morgan fingerprint density at radius 2 is 1.97 bits per heavy atom. The minimum Gasteiger partial charge on any atom is -0.491 e. The van der Waals surface area contributed by atoms with Crippen LogP contribution in [0.4, 0.5) is 0 Å². The molecule has 2 aromatic rings. The van der Waals surface area contributed by atoms with Crippen molar-refractivity contribution in [2.75, 3.05) is 38.5 Å². The molecule has 4 rings (SSSR count). The molecule has 3 heterocycles. The zero-order chi connectivity index (χ0) is 24.3. The van der Waals surface area contributed by atoms with Crippen LogP contribution in [0.15, 0.2) is 39.5 Å². The number of thiophene rings is 1. The Kier molecular flexibility index (Phi) is 8.21. The molecule has 1 amide bonds. The number of aliphatic imine (C=N–C) groups is 1. The highest BCUT2D eigenvalue weighted by molar-refractivity contribution is 8.14. The van der Waals surface area contributed by atoms with Crippen LogP contribution in [0.3, 0.4) is 0 Å². The predicted octanol–water partition coefficient (Wildman–Crippen LogP) is 3.53. The summed E-state index contributed by atoms with van der Waals surface area (Å²) in [7, 11) is -3.53. The van der Waals surface area contributed by atoms with E-state index in [9.17, 15) is 13.2 Å². The van der Waals surface area contributed by atoms with Crippen molar-refractivity contribution in [3.05, 3.63) is 45.8 Å². The van der Waals surface area contributed by atoms with Gasteiger partial charge in [-0.2, -0.15) is 4.31 Å². The molecule has 1 N–H and O–H groups in total. The van der Waals surface area contributed by atoms with Crippen LogP contribution in [0.5, 0.6) is 5.75 Å². The molecule has 0 unspecified atom stereocenters. The summed E-state index contributed by atoms with van der Waals surface area (Å²) in [4.78, 5) is 19.3. The van der Waals surface area contributed by atoms with Crippen molar-refractivity contribution in [3.8, 4) is 5.75 Å². The smallest absolute Gasteiger partial charge is 0.257 e. The lowest BCUT2D eigenvalue weighted by Gasteiger charge is -2.33.